The summed E-state index contributed by atoms with van der Waals surface area (Å²) < 4.78 is 0. The maximum atomic E-state index is 11.5. The first-order chi connectivity index (χ1) is 6.40. The van der Waals surface area contributed by atoms with E-state index < -0.39 is 0 Å². The topological polar surface area (TPSA) is 67.2 Å². The Morgan fingerprint density at radius 2 is 2.20 bits per heavy atom. The van der Waals surface area contributed by atoms with Crippen LogP contribution in [0.15, 0.2) is 0 Å². The summed E-state index contributed by atoms with van der Waals surface area (Å²) in [6, 6.07) is -0.0772. The van der Waals surface area contributed by atoms with Gasteiger partial charge in [0, 0.05) is 18.6 Å². The van der Waals surface area contributed by atoms with Gasteiger partial charge in [-0.2, -0.15) is 0 Å². The van der Waals surface area contributed by atoms with Crippen LogP contribution in [-0.2, 0) is 4.79 Å². The normalized spacial score (nSPS) is 26.8. The van der Waals surface area contributed by atoms with Crippen LogP contribution in [0.2, 0.25) is 0 Å². The molecular formula is C10H22ClN3O. The second-order valence-corrected chi connectivity index (χ2v) is 4.90. The third-order valence-electron chi connectivity index (χ3n) is 2.53. The van der Waals surface area contributed by atoms with E-state index in [0.29, 0.717) is 12.5 Å². The number of amides is 1. The minimum absolute atomic E-state index is 0. The molecule has 0 aromatic carbocycles. The van der Waals surface area contributed by atoms with Crippen LogP contribution in [0.1, 0.15) is 27.2 Å². The fourth-order valence-electron chi connectivity index (χ4n) is 1.62. The Bertz CT molecular complexity index is 215. The van der Waals surface area contributed by atoms with Crippen molar-refractivity contribution in [1.82, 2.24) is 10.6 Å². The number of nitrogens with one attached hydrogen (secondary N) is 2. The average molecular weight is 236 g/mol. The smallest absolute Gasteiger partial charge is 0.237 e. The molecule has 0 bridgehead atoms. The second kappa shape index (κ2) is 5.68. The van der Waals surface area contributed by atoms with Gasteiger partial charge in [-0.05, 0) is 26.2 Å². The van der Waals surface area contributed by atoms with E-state index >= 15 is 0 Å². The first kappa shape index (κ1) is 14.7. The lowest BCUT2D eigenvalue weighted by Crippen LogP contribution is -2.56. The van der Waals surface area contributed by atoms with Crippen LogP contribution in [0.4, 0.5) is 0 Å². The first-order valence-electron chi connectivity index (χ1n) is 5.20. The first-order valence-corrected chi connectivity index (χ1v) is 5.20. The molecule has 0 aromatic rings. The molecule has 1 amide bonds. The molecular weight excluding hydrogens is 214 g/mol. The lowest BCUT2D eigenvalue weighted by Gasteiger charge is -2.31. The van der Waals surface area contributed by atoms with E-state index in [0.717, 1.165) is 13.0 Å². The van der Waals surface area contributed by atoms with Crippen LogP contribution < -0.4 is 16.4 Å². The highest BCUT2D eigenvalue weighted by atomic mass is 35.5. The second-order valence-electron chi connectivity index (χ2n) is 4.90. The molecule has 90 valence electrons. The van der Waals surface area contributed by atoms with Crippen LogP contribution in [-0.4, -0.2) is 30.6 Å². The molecule has 0 radical (unpaired) electrons. The van der Waals surface area contributed by atoms with Crippen LogP contribution in [0.25, 0.3) is 0 Å². The molecule has 15 heavy (non-hydrogen) atoms. The number of halogens is 1. The molecule has 0 aliphatic carbocycles. The molecule has 0 spiro atoms. The van der Waals surface area contributed by atoms with E-state index in [4.69, 9.17) is 5.73 Å². The van der Waals surface area contributed by atoms with Gasteiger partial charge < -0.3 is 16.4 Å². The van der Waals surface area contributed by atoms with Crippen LogP contribution >= 0.6 is 12.4 Å². The summed E-state index contributed by atoms with van der Waals surface area (Å²) in [6.07, 6.45) is 1.04. The number of rotatable bonds is 3. The predicted molar refractivity (Wildman–Crippen MR) is 64.1 cm³/mol. The van der Waals surface area contributed by atoms with E-state index in [1.54, 1.807) is 0 Å². The van der Waals surface area contributed by atoms with Gasteiger partial charge in [0.2, 0.25) is 5.91 Å². The van der Waals surface area contributed by atoms with Gasteiger partial charge in [-0.15, -0.1) is 12.4 Å². The Balaban J connectivity index is 0.00000196. The van der Waals surface area contributed by atoms with Crippen molar-refractivity contribution in [3.8, 4) is 0 Å². The van der Waals surface area contributed by atoms with Crippen molar-refractivity contribution in [3.05, 3.63) is 0 Å². The number of hydrogen-bond acceptors (Lipinski definition) is 3. The monoisotopic (exact) mass is 235 g/mol. The quantitative estimate of drug-likeness (QED) is 0.658. The minimum Gasteiger partial charge on any atom is -0.355 e. The fourth-order valence-corrected chi connectivity index (χ4v) is 1.62. The van der Waals surface area contributed by atoms with Crippen molar-refractivity contribution < 1.29 is 4.79 Å². The SMILES string of the molecule is CC1CCNC(=O)C1NCC(C)(C)N.Cl. The van der Waals surface area contributed by atoms with Crippen molar-refractivity contribution in [2.45, 2.75) is 38.8 Å². The zero-order chi connectivity index (χ0) is 10.8. The predicted octanol–water partition coefficient (Wildman–Crippen LogP) is 0.260. The molecule has 1 aliphatic rings. The highest BCUT2D eigenvalue weighted by Crippen LogP contribution is 2.12. The minimum atomic E-state index is -0.266. The molecule has 1 rings (SSSR count). The van der Waals surface area contributed by atoms with Gasteiger partial charge in [0.05, 0.1) is 6.04 Å². The highest BCUT2D eigenvalue weighted by Gasteiger charge is 2.29. The standard InChI is InChI=1S/C10H21N3O.ClH/c1-7-4-5-12-9(14)8(7)13-6-10(2,3)11;/h7-8,13H,4-6,11H2,1-3H3,(H,12,14);1H. The highest BCUT2D eigenvalue weighted by molar-refractivity contribution is 5.85. The Morgan fingerprint density at radius 3 is 2.67 bits per heavy atom. The maximum Gasteiger partial charge on any atom is 0.237 e. The lowest BCUT2D eigenvalue weighted by molar-refractivity contribution is -0.126. The zero-order valence-corrected chi connectivity index (χ0v) is 10.5. The summed E-state index contributed by atoms with van der Waals surface area (Å²) in [4.78, 5) is 11.5. The Labute approximate surface area is 97.8 Å². The van der Waals surface area contributed by atoms with Crippen LogP contribution in [0.5, 0.6) is 0 Å². The van der Waals surface area contributed by atoms with Crippen molar-refractivity contribution in [2.24, 2.45) is 11.7 Å². The average Bonchev–Trinajstić information content (AvgIpc) is 2.01. The van der Waals surface area contributed by atoms with E-state index in [9.17, 15) is 4.79 Å². The van der Waals surface area contributed by atoms with Crippen LogP contribution in [0, 0.1) is 5.92 Å². The summed E-state index contributed by atoms with van der Waals surface area (Å²) in [6.45, 7) is 7.45. The molecule has 0 aromatic heterocycles. The van der Waals surface area contributed by atoms with Gasteiger partial charge in [0.1, 0.15) is 0 Å². The Hall–Kier alpha value is -0.320. The van der Waals surface area contributed by atoms with Crippen LogP contribution in [0.3, 0.4) is 0 Å². The number of carbonyl (C=O) groups is 1. The maximum absolute atomic E-state index is 11.5. The summed E-state index contributed by atoms with van der Waals surface area (Å²) in [7, 11) is 0. The van der Waals surface area contributed by atoms with Gasteiger partial charge in [-0.25, -0.2) is 0 Å². The van der Waals surface area contributed by atoms with Crippen molar-refractivity contribution in [3.63, 3.8) is 0 Å². The number of carbonyl (C=O) groups excluding carboxylic acids is 1. The summed E-state index contributed by atoms with van der Waals surface area (Å²) in [5.41, 5.74) is 5.58. The van der Waals surface area contributed by atoms with Gasteiger partial charge in [-0.1, -0.05) is 6.92 Å². The summed E-state index contributed by atoms with van der Waals surface area (Å²) in [5.74, 6) is 0.499. The molecule has 0 saturated carbocycles. The molecule has 1 saturated heterocycles. The zero-order valence-electron chi connectivity index (χ0n) is 9.67. The third-order valence-corrected chi connectivity index (χ3v) is 2.53. The van der Waals surface area contributed by atoms with Crippen molar-refractivity contribution >= 4 is 18.3 Å². The van der Waals surface area contributed by atoms with Crippen molar-refractivity contribution in [2.75, 3.05) is 13.1 Å². The molecule has 4 N–H and O–H groups in total. The van der Waals surface area contributed by atoms with Gasteiger partial charge in [0.15, 0.2) is 0 Å². The van der Waals surface area contributed by atoms with E-state index in [1.165, 1.54) is 0 Å². The molecule has 5 heteroatoms. The number of piperidine rings is 1. The molecule has 1 heterocycles. The summed E-state index contributed by atoms with van der Waals surface area (Å²) in [5, 5.41) is 6.08. The number of hydrogen-bond donors (Lipinski definition) is 3. The van der Waals surface area contributed by atoms with Gasteiger partial charge >= 0.3 is 0 Å². The molecule has 1 fully saturated rings. The van der Waals surface area contributed by atoms with Gasteiger partial charge in [0.25, 0.3) is 0 Å². The van der Waals surface area contributed by atoms with Crippen molar-refractivity contribution in [1.29, 1.82) is 0 Å². The van der Waals surface area contributed by atoms with E-state index in [1.807, 2.05) is 13.8 Å². The molecule has 4 nitrogen and oxygen atoms in total. The number of nitrogens with two attached hydrogens (primary N) is 1. The Kier molecular flexibility index (Phi) is 5.56. The van der Waals surface area contributed by atoms with Gasteiger partial charge in [-0.3, -0.25) is 4.79 Å². The van der Waals surface area contributed by atoms with E-state index in [2.05, 4.69) is 17.6 Å². The largest absolute Gasteiger partial charge is 0.355 e. The summed E-state index contributed by atoms with van der Waals surface area (Å²) >= 11 is 0. The molecule has 2 atom stereocenters. The van der Waals surface area contributed by atoms with E-state index in [-0.39, 0.29) is 29.9 Å². The molecule has 2 unspecified atom stereocenters. The lowest BCUT2D eigenvalue weighted by atomic mass is 9.93. The molecule has 1 aliphatic heterocycles. The fraction of sp³-hybridized carbons (Fsp3) is 0.900. The third kappa shape index (κ3) is 4.82. The Morgan fingerprint density at radius 1 is 1.60 bits per heavy atom.